The molecule has 0 amide bonds. The molecule has 0 atom stereocenters. The largest absolute Gasteiger partial charge is 0.385 e. The van der Waals surface area contributed by atoms with Crippen molar-refractivity contribution in [1.29, 1.82) is 0 Å². The molecule has 0 spiro atoms. The first-order chi connectivity index (χ1) is 8.13. The Morgan fingerprint density at radius 2 is 2.24 bits per heavy atom. The van der Waals surface area contributed by atoms with Crippen LogP contribution in [0.4, 0.5) is 5.95 Å². The lowest BCUT2D eigenvalue weighted by Crippen LogP contribution is -2.11. The first kappa shape index (κ1) is 14.0. The maximum absolute atomic E-state index is 5.07. The normalized spacial score (nSPS) is 11.1. The smallest absolute Gasteiger partial charge is 0.203 e. The van der Waals surface area contributed by atoms with E-state index in [0.717, 1.165) is 43.7 Å². The van der Waals surface area contributed by atoms with Crippen LogP contribution in [0.25, 0.3) is 0 Å². The predicted molar refractivity (Wildman–Crippen MR) is 71.4 cm³/mol. The second kappa shape index (κ2) is 7.33. The average molecular weight is 239 g/mol. The maximum Gasteiger partial charge on any atom is 0.203 e. The average Bonchev–Trinajstić information content (AvgIpc) is 2.59. The Balaban J connectivity index is 2.45. The van der Waals surface area contributed by atoms with Crippen molar-refractivity contribution in [3.8, 4) is 0 Å². The van der Waals surface area contributed by atoms with Gasteiger partial charge in [0.1, 0.15) is 0 Å². The number of aryl methyl sites for hydroxylation is 2. The summed E-state index contributed by atoms with van der Waals surface area (Å²) in [6.07, 6.45) is 4.28. The Labute approximate surface area is 104 Å². The minimum atomic E-state index is 0.723. The van der Waals surface area contributed by atoms with Crippen LogP contribution < -0.4 is 5.32 Å². The van der Waals surface area contributed by atoms with Crippen molar-refractivity contribution in [1.82, 2.24) is 9.55 Å². The molecule has 17 heavy (non-hydrogen) atoms. The third kappa shape index (κ3) is 5.22. The molecule has 0 saturated carbocycles. The van der Waals surface area contributed by atoms with E-state index in [9.17, 15) is 0 Å². The lowest BCUT2D eigenvalue weighted by Gasteiger charge is -2.10. The van der Waals surface area contributed by atoms with Crippen molar-refractivity contribution < 1.29 is 4.74 Å². The third-order valence-corrected chi connectivity index (χ3v) is 2.65. The van der Waals surface area contributed by atoms with Crippen molar-refractivity contribution in [3.63, 3.8) is 0 Å². The van der Waals surface area contributed by atoms with Crippen molar-refractivity contribution in [3.05, 3.63) is 11.9 Å². The molecule has 1 N–H and O–H groups in total. The van der Waals surface area contributed by atoms with E-state index < -0.39 is 0 Å². The summed E-state index contributed by atoms with van der Waals surface area (Å²) in [4.78, 5) is 4.50. The van der Waals surface area contributed by atoms with Crippen molar-refractivity contribution in [2.75, 3.05) is 25.6 Å². The van der Waals surface area contributed by atoms with Crippen LogP contribution in [0.5, 0.6) is 0 Å². The van der Waals surface area contributed by atoms with Crippen LogP contribution in [0.15, 0.2) is 6.20 Å². The van der Waals surface area contributed by atoms with Gasteiger partial charge in [0.25, 0.3) is 0 Å². The van der Waals surface area contributed by atoms with Crippen molar-refractivity contribution in [2.45, 2.75) is 40.2 Å². The molecule has 1 aromatic rings. The highest BCUT2D eigenvalue weighted by atomic mass is 16.5. The van der Waals surface area contributed by atoms with Crippen LogP contribution in [0.3, 0.4) is 0 Å². The number of nitrogens with zero attached hydrogens (tertiary/aromatic N) is 2. The van der Waals surface area contributed by atoms with Crippen molar-refractivity contribution >= 4 is 5.95 Å². The lowest BCUT2D eigenvalue weighted by molar-refractivity contribution is 0.190. The van der Waals surface area contributed by atoms with Crippen LogP contribution in [0.1, 0.15) is 32.4 Å². The van der Waals surface area contributed by atoms with Gasteiger partial charge in [0.2, 0.25) is 5.95 Å². The quantitative estimate of drug-likeness (QED) is 0.709. The molecule has 0 fully saturated rings. The van der Waals surface area contributed by atoms with Crippen LogP contribution in [-0.4, -0.2) is 29.8 Å². The molecule has 98 valence electrons. The van der Waals surface area contributed by atoms with Gasteiger partial charge < -0.3 is 14.6 Å². The Bertz CT molecular complexity index is 320. The van der Waals surface area contributed by atoms with Gasteiger partial charge in [-0.25, -0.2) is 4.98 Å². The van der Waals surface area contributed by atoms with E-state index in [1.54, 1.807) is 7.11 Å². The van der Waals surface area contributed by atoms with Gasteiger partial charge in [0, 0.05) is 33.0 Å². The fourth-order valence-electron chi connectivity index (χ4n) is 1.71. The summed E-state index contributed by atoms with van der Waals surface area (Å²) in [5.41, 5.74) is 1.06. The van der Waals surface area contributed by atoms with Crippen LogP contribution in [0.2, 0.25) is 0 Å². The van der Waals surface area contributed by atoms with E-state index in [-0.39, 0.29) is 0 Å². The summed E-state index contributed by atoms with van der Waals surface area (Å²) in [7, 11) is 1.74. The molecule has 0 unspecified atom stereocenters. The fourth-order valence-corrected chi connectivity index (χ4v) is 1.71. The molecule has 4 heteroatoms. The van der Waals surface area contributed by atoms with Gasteiger partial charge in [0.05, 0.1) is 5.69 Å². The molecular formula is C13H25N3O. The van der Waals surface area contributed by atoms with Gasteiger partial charge in [-0.1, -0.05) is 13.8 Å². The van der Waals surface area contributed by atoms with E-state index in [1.807, 2.05) is 6.92 Å². The highest BCUT2D eigenvalue weighted by Crippen LogP contribution is 2.10. The Hall–Kier alpha value is -1.03. The number of methoxy groups -OCH3 is 1. The molecule has 0 saturated heterocycles. The van der Waals surface area contributed by atoms with Crippen LogP contribution in [0, 0.1) is 12.8 Å². The Kier molecular flexibility index (Phi) is 6.05. The fraction of sp³-hybridized carbons (Fsp3) is 0.769. The maximum atomic E-state index is 5.07. The Morgan fingerprint density at radius 1 is 1.47 bits per heavy atom. The minimum Gasteiger partial charge on any atom is -0.385 e. The Morgan fingerprint density at radius 3 is 2.88 bits per heavy atom. The van der Waals surface area contributed by atoms with Gasteiger partial charge in [-0.05, 0) is 25.7 Å². The molecule has 1 heterocycles. The number of imidazole rings is 1. The molecule has 4 nitrogen and oxygen atoms in total. The lowest BCUT2D eigenvalue weighted by atomic mass is 10.1. The summed E-state index contributed by atoms with van der Waals surface area (Å²) >= 11 is 0. The number of hydrogen-bond acceptors (Lipinski definition) is 3. The SMILES string of the molecule is COCCCn1cc(C)nc1NCCC(C)C. The van der Waals surface area contributed by atoms with Crippen molar-refractivity contribution in [2.24, 2.45) is 5.92 Å². The van der Waals surface area contributed by atoms with Gasteiger partial charge in [0.15, 0.2) is 0 Å². The molecule has 1 rings (SSSR count). The van der Waals surface area contributed by atoms with E-state index in [0.29, 0.717) is 0 Å². The highest BCUT2D eigenvalue weighted by Gasteiger charge is 2.04. The van der Waals surface area contributed by atoms with E-state index in [4.69, 9.17) is 4.74 Å². The first-order valence-corrected chi connectivity index (χ1v) is 6.40. The predicted octanol–water partition coefficient (Wildman–Crippen LogP) is 2.69. The zero-order valence-corrected chi connectivity index (χ0v) is 11.5. The minimum absolute atomic E-state index is 0.723. The van der Waals surface area contributed by atoms with Crippen LogP contribution >= 0.6 is 0 Å². The van der Waals surface area contributed by atoms with E-state index in [2.05, 4.69) is 34.9 Å². The number of anilines is 1. The van der Waals surface area contributed by atoms with Gasteiger partial charge in [-0.2, -0.15) is 0 Å². The molecule has 0 aliphatic carbocycles. The summed E-state index contributed by atoms with van der Waals surface area (Å²) in [6, 6.07) is 0. The van der Waals surface area contributed by atoms with Crippen LogP contribution in [-0.2, 0) is 11.3 Å². The number of hydrogen-bond donors (Lipinski definition) is 1. The zero-order valence-electron chi connectivity index (χ0n) is 11.5. The summed E-state index contributed by atoms with van der Waals surface area (Å²) in [5.74, 6) is 1.71. The molecule has 0 bridgehead atoms. The molecule has 0 aliphatic heterocycles. The summed E-state index contributed by atoms with van der Waals surface area (Å²) in [6.45, 7) is 9.23. The molecule has 1 aromatic heterocycles. The molecule has 0 aliphatic rings. The number of aromatic nitrogens is 2. The van der Waals surface area contributed by atoms with E-state index >= 15 is 0 Å². The second-order valence-electron chi connectivity index (χ2n) is 4.85. The highest BCUT2D eigenvalue weighted by molar-refractivity contribution is 5.28. The first-order valence-electron chi connectivity index (χ1n) is 6.40. The number of nitrogens with one attached hydrogen (secondary N) is 1. The zero-order chi connectivity index (χ0) is 12.7. The third-order valence-electron chi connectivity index (χ3n) is 2.65. The molecule has 0 aromatic carbocycles. The van der Waals surface area contributed by atoms with Gasteiger partial charge >= 0.3 is 0 Å². The van der Waals surface area contributed by atoms with Gasteiger partial charge in [-0.15, -0.1) is 0 Å². The summed E-state index contributed by atoms with van der Waals surface area (Å²) in [5, 5.41) is 3.40. The second-order valence-corrected chi connectivity index (χ2v) is 4.85. The summed E-state index contributed by atoms with van der Waals surface area (Å²) < 4.78 is 7.24. The van der Waals surface area contributed by atoms with Gasteiger partial charge in [-0.3, -0.25) is 0 Å². The van der Waals surface area contributed by atoms with E-state index in [1.165, 1.54) is 6.42 Å². The number of rotatable bonds is 8. The molecular weight excluding hydrogens is 214 g/mol. The monoisotopic (exact) mass is 239 g/mol. The molecule has 0 radical (unpaired) electrons. The number of ether oxygens (including phenoxy) is 1. The topological polar surface area (TPSA) is 39.1 Å². The standard InChI is InChI=1S/C13H25N3O/c1-11(2)6-7-14-13-15-12(3)10-16(13)8-5-9-17-4/h10-11H,5-9H2,1-4H3,(H,14,15).